The highest BCUT2D eigenvalue weighted by Crippen LogP contribution is 2.37. The molecule has 7 heteroatoms. The van der Waals surface area contributed by atoms with Crippen molar-refractivity contribution in [1.82, 2.24) is 0 Å². The average Bonchev–Trinajstić information content (AvgIpc) is 2.77. The van der Waals surface area contributed by atoms with Crippen LogP contribution in [0.2, 0.25) is 5.02 Å². The molecule has 3 aromatic rings. The second-order valence-corrected chi connectivity index (χ2v) is 7.32. The van der Waals surface area contributed by atoms with E-state index in [1.54, 1.807) is 32.4 Å². The number of hydrogen-bond donors (Lipinski definition) is 0. The summed E-state index contributed by atoms with van der Waals surface area (Å²) >= 11 is 5.94. The van der Waals surface area contributed by atoms with Crippen molar-refractivity contribution in [2.75, 3.05) is 14.2 Å². The summed E-state index contributed by atoms with van der Waals surface area (Å²) in [7, 11) is 3.12. The third kappa shape index (κ3) is 4.92. The van der Waals surface area contributed by atoms with Crippen LogP contribution in [0.1, 0.15) is 27.0 Å². The van der Waals surface area contributed by atoms with Crippen LogP contribution in [0, 0.1) is 0 Å². The molecule has 0 aliphatic carbocycles. The van der Waals surface area contributed by atoms with E-state index in [0.717, 1.165) is 22.7 Å². The fourth-order valence-corrected chi connectivity index (χ4v) is 3.55. The van der Waals surface area contributed by atoms with Gasteiger partial charge < -0.3 is 31.2 Å². The predicted molar refractivity (Wildman–Crippen MR) is 114 cm³/mol. The number of carbonyl (C=O) groups excluding carboxylic acids is 1. The molecule has 5 nitrogen and oxygen atoms in total. The van der Waals surface area contributed by atoms with Crippen molar-refractivity contribution in [3.05, 3.63) is 94.0 Å². The normalized spacial score (nSPS) is 13.8. The fourth-order valence-electron chi connectivity index (χ4n) is 3.42. The maximum absolute atomic E-state index is 12.9. The summed E-state index contributed by atoms with van der Waals surface area (Å²) < 4.78 is 18.5. The van der Waals surface area contributed by atoms with E-state index in [9.17, 15) is 4.79 Å². The van der Waals surface area contributed by atoms with Crippen molar-refractivity contribution in [2.24, 2.45) is 0 Å². The Bertz CT molecular complexity index is 1110. The minimum Gasteiger partial charge on any atom is -1.00 e. The number of allylic oxidation sites excluding steroid dienone is 1. The van der Waals surface area contributed by atoms with Gasteiger partial charge in [0.05, 0.1) is 14.2 Å². The lowest BCUT2D eigenvalue weighted by Crippen LogP contribution is -3.00. The number of carbonyl (C=O) groups is 1. The molecule has 2 aromatic carbocycles. The summed E-state index contributed by atoms with van der Waals surface area (Å²) in [5, 5.41) is 0.723. The maximum atomic E-state index is 12.9. The molecule has 0 fully saturated rings. The Hall–Kier alpha value is -2.83. The summed E-state index contributed by atoms with van der Waals surface area (Å²) in [6, 6.07) is 15.1. The first-order chi connectivity index (χ1) is 14.6. The quantitative estimate of drug-likeness (QED) is 0.392. The van der Waals surface area contributed by atoms with E-state index < -0.39 is 0 Å². The second-order valence-electron chi connectivity index (χ2n) is 6.88. The fraction of sp³-hybridized carbons (Fsp3) is 0.167. The lowest BCUT2D eigenvalue weighted by molar-refractivity contribution is -0.688. The molecular weight excluding hydrogens is 482 g/mol. The number of halogens is 2. The number of nitrogens with zero attached hydrogens (tertiary/aromatic N) is 1. The Labute approximate surface area is 196 Å². The highest BCUT2D eigenvalue weighted by atomic mass is 79.9. The SMILES string of the molecule is COc1ccc2c(c1OC)CO/C(=C\c1cc[n+](Cc3ccc(Cl)cc3)cc1)C2=O.[Br-]. The summed E-state index contributed by atoms with van der Waals surface area (Å²) in [4.78, 5) is 12.9. The number of ketones is 1. The van der Waals surface area contributed by atoms with Crippen molar-refractivity contribution in [1.29, 1.82) is 0 Å². The van der Waals surface area contributed by atoms with Gasteiger partial charge in [-0.1, -0.05) is 23.7 Å². The Kier molecular flexibility index (Phi) is 7.36. The van der Waals surface area contributed by atoms with Crippen molar-refractivity contribution >= 4 is 23.5 Å². The standard InChI is InChI=1S/C24H21ClNO4.BrH/c1-28-21-8-7-19-20(24(21)29-2)15-30-22(23(19)27)13-16-9-11-26(12-10-16)14-17-3-5-18(25)6-4-17;/h3-13H,14-15H2,1-2H3;1H/q+1;/p-1/b22-13-;. The number of hydrogen-bond acceptors (Lipinski definition) is 4. The average molecular weight is 503 g/mol. The highest BCUT2D eigenvalue weighted by molar-refractivity contribution is 6.30. The molecule has 0 bridgehead atoms. The van der Waals surface area contributed by atoms with Crippen LogP contribution in [0.15, 0.2) is 66.7 Å². The van der Waals surface area contributed by atoms with E-state index in [1.165, 1.54) is 0 Å². The van der Waals surface area contributed by atoms with E-state index in [0.29, 0.717) is 28.4 Å². The summed E-state index contributed by atoms with van der Waals surface area (Å²) in [5.41, 5.74) is 3.31. The molecule has 0 atom stereocenters. The molecule has 2 heterocycles. The van der Waals surface area contributed by atoms with Gasteiger partial charge in [0.2, 0.25) is 5.78 Å². The van der Waals surface area contributed by atoms with Gasteiger partial charge in [0, 0.05) is 33.8 Å². The first kappa shape index (κ1) is 22.8. The van der Waals surface area contributed by atoms with Crippen LogP contribution < -0.4 is 31.0 Å². The first-order valence-electron chi connectivity index (χ1n) is 9.45. The van der Waals surface area contributed by atoms with Gasteiger partial charge in [-0.3, -0.25) is 4.79 Å². The molecule has 0 spiro atoms. The minimum atomic E-state index is -0.171. The largest absolute Gasteiger partial charge is 1.00 e. The van der Waals surface area contributed by atoms with Gasteiger partial charge in [0.1, 0.15) is 6.61 Å². The van der Waals surface area contributed by atoms with Crippen LogP contribution in [0.3, 0.4) is 0 Å². The van der Waals surface area contributed by atoms with Gasteiger partial charge in [-0.05, 0) is 35.9 Å². The van der Waals surface area contributed by atoms with Gasteiger partial charge >= 0.3 is 0 Å². The Morgan fingerprint density at radius 2 is 1.74 bits per heavy atom. The topological polar surface area (TPSA) is 48.6 Å². The number of rotatable bonds is 5. The molecule has 0 radical (unpaired) electrons. The lowest BCUT2D eigenvalue weighted by Gasteiger charge is -2.22. The molecule has 160 valence electrons. The van der Waals surface area contributed by atoms with E-state index in [1.807, 2.05) is 48.8 Å². The van der Waals surface area contributed by atoms with Crippen LogP contribution in [0.25, 0.3) is 6.08 Å². The summed E-state index contributed by atoms with van der Waals surface area (Å²) in [6.45, 7) is 0.981. The molecule has 4 rings (SSSR count). The number of ether oxygens (including phenoxy) is 3. The first-order valence-corrected chi connectivity index (χ1v) is 9.83. The van der Waals surface area contributed by atoms with Crippen LogP contribution in [-0.2, 0) is 17.9 Å². The Morgan fingerprint density at radius 1 is 1.03 bits per heavy atom. The van der Waals surface area contributed by atoms with Gasteiger partial charge in [0.25, 0.3) is 0 Å². The van der Waals surface area contributed by atoms with Crippen molar-refractivity contribution in [2.45, 2.75) is 13.2 Å². The van der Waals surface area contributed by atoms with Crippen molar-refractivity contribution in [3.8, 4) is 11.5 Å². The van der Waals surface area contributed by atoms with Gasteiger partial charge in [-0.25, -0.2) is 4.57 Å². The Balaban J connectivity index is 0.00000272. The molecule has 1 aliphatic rings. The number of Topliss-reactive ketones (excluding diaryl/α,β-unsaturated/α-hetero) is 1. The molecule has 31 heavy (non-hydrogen) atoms. The van der Waals surface area contributed by atoms with Crippen molar-refractivity contribution < 1.29 is 40.6 Å². The zero-order chi connectivity index (χ0) is 21.1. The van der Waals surface area contributed by atoms with Crippen molar-refractivity contribution in [3.63, 3.8) is 0 Å². The molecule has 0 saturated heterocycles. The second kappa shape index (κ2) is 9.98. The van der Waals surface area contributed by atoms with Crippen LogP contribution >= 0.6 is 11.6 Å². The van der Waals surface area contributed by atoms with Gasteiger partial charge in [-0.15, -0.1) is 0 Å². The molecule has 0 unspecified atom stereocenters. The predicted octanol–water partition coefficient (Wildman–Crippen LogP) is 1.45. The number of benzene rings is 2. The molecule has 1 aliphatic heterocycles. The zero-order valence-electron chi connectivity index (χ0n) is 17.1. The smallest absolute Gasteiger partial charge is 0.228 e. The molecule has 0 amide bonds. The van der Waals surface area contributed by atoms with Crippen LogP contribution in [0.5, 0.6) is 11.5 Å². The number of pyridine rings is 1. The maximum Gasteiger partial charge on any atom is 0.228 e. The van der Waals surface area contributed by atoms with E-state index in [-0.39, 0.29) is 29.4 Å². The third-order valence-corrected chi connectivity index (χ3v) is 5.23. The zero-order valence-corrected chi connectivity index (χ0v) is 19.4. The van der Waals surface area contributed by atoms with E-state index in [4.69, 9.17) is 25.8 Å². The number of aromatic nitrogens is 1. The summed E-state index contributed by atoms with van der Waals surface area (Å²) in [5.74, 6) is 1.25. The molecule has 0 N–H and O–H groups in total. The third-order valence-electron chi connectivity index (χ3n) is 4.98. The van der Waals surface area contributed by atoms with Crippen LogP contribution in [-0.4, -0.2) is 20.0 Å². The Morgan fingerprint density at radius 3 is 2.39 bits per heavy atom. The highest BCUT2D eigenvalue weighted by Gasteiger charge is 2.28. The molecular formula is C24H21BrClNO4. The summed E-state index contributed by atoms with van der Waals surface area (Å²) in [6.07, 6.45) is 5.70. The molecule has 0 saturated carbocycles. The number of fused-ring (bicyclic) bond motifs is 1. The van der Waals surface area contributed by atoms with E-state index in [2.05, 4.69) is 4.57 Å². The minimum absolute atomic E-state index is 0. The lowest BCUT2D eigenvalue weighted by atomic mass is 9.98. The monoisotopic (exact) mass is 501 g/mol. The van der Waals surface area contributed by atoms with Gasteiger partial charge in [0.15, 0.2) is 36.2 Å². The number of methoxy groups -OCH3 is 2. The van der Waals surface area contributed by atoms with E-state index >= 15 is 0 Å². The van der Waals surface area contributed by atoms with Crippen LogP contribution in [0.4, 0.5) is 0 Å². The van der Waals surface area contributed by atoms with Gasteiger partial charge in [-0.2, -0.15) is 0 Å². The molecule has 1 aromatic heterocycles.